The molecule has 0 amide bonds. The van der Waals surface area contributed by atoms with E-state index in [9.17, 15) is 0 Å². The first-order chi connectivity index (χ1) is 36.3. The van der Waals surface area contributed by atoms with Crippen molar-refractivity contribution in [2.45, 2.75) is 27.7 Å². The van der Waals surface area contributed by atoms with Gasteiger partial charge < -0.3 is 0 Å². The molecule has 0 saturated carbocycles. The van der Waals surface area contributed by atoms with Crippen LogP contribution in [-0.4, -0.2) is 0 Å². The van der Waals surface area contributed by atoms with Gasteiger partial charge in [0.2, 0.25) is 0 Å². The van der Waals surface area contributed by atoms with E-state index >= 15 is 0 Å². The van der Waals surface area contributed by atoms with E-state index in [2.05, 4.69) is 241 Å². The van der Waals surface area contributed by atoms with Crippen molar-refractivity contribution in [3.63, 3.8) is 0 Å². The third kappa shape index (κ3) is 6.11. The van der Waals surface area contributed by atoms with E-state index in [1.165, 1.54) is 103 Å². The van der Waals surface area contributed by atoms with Crippen LogP contribution >= 0.6 is 45.3 Å². The molecule has 0 bridgehead atoms. The predicted molar refractivity (Wildman–Crippen MR) is 325 cm³/mol. The zero-order valence-corrected chi connectivity index (χ0v) is 44.2. The SMILES string of the molecule is Cc1cc2c(cc1C)N(c1ccc3sc4ccccc4c3c1)C(=C1N(c3ccc4sc5ccccc5c4c3)c3cc(C)c(C)cc3N1c1ccc3sc4ccccc4c3c1)N2c1ccc2sc3ccccc3c2c1. The van der Waals surface area contributed by atoms with Crippen LogP contribution in [0.5, 0.6) is 0 Å². The maximum Gasteiger partial charge on any atom is 0.166 e. The molecule has 0 unspecified atom stereocenters. The molecule has 8 heteroatoms. The Morgan fingerprint density at radius 2 is 0.446 bits per heavy atom. The van der Waals surface area contributed by atoms with Crippen molar-refractivity contribution in [3.05, 3.63) is 228 Å². The van der Waals surface area contributed by atoms with E-state index in [4.69, 9.17) is 0 Å². The molecule has 0 saturated heterocycles. The summed E-state index contributed by atoms with van der Waals surface area (Å²) in [6.45, 7) is 9.05. The van der Waals surface area contributed by atoms with Gasteiger partial charge in [0.25, 0.3) is 0 Å². The summed E-state index contributed by atoms with van der Waals surface area (Å²) in [4.78, 5) is 10.3. The predicted octanol–water partition coefficient (Wildman–Crippen LogP) is 20.8. The van der Waals surface area contributed by atoms with Crippen LogP contribution in [0.2, 0.25) is 0 Å². The van der Waals surface area contributed by atoms with Crippen LogP contribution in [-0.2, 0) is 0 Å². The first-order valence-corrected chi connectivity index (χ1v) is 28.4. The number of fused-ring (bicyclic) bond motifs is 14. The summed E-state index contributed by atoms with van der Waals surface area (Å²) in [5.74, 6) is 2.11. The second kappa shape index (κ2) is 15.8. The standard InChI is InChI=1S/C66H44N4S4/c1-37-29-53-54(30-38(37)2)68(42-22-26-62-50(34-42)46-14-6-10-18-58(46)72-62)65(67(53)41-21-25-61-49(33-41)45-13-5-9-17-57(45)71-61)66-69(43-23-27-63-51(35-43)47-15-7-11-19-59(47)73-63)55-31-39(3)40(4)32-56(55)70(66)44-24-28-64-52(36-44)48-16-8-12-20-60(48)74-64/h5-36H,1-4H3. The molecule has 6 heterocycles. The third-order valence-corrected chi connectivity index (χ3v) is 20.3. The number of hydrogen-bond acceptors (Lipinski definition) is 8. The van der Waals surface area contributed by atoms with Gasteiger partial charge in [0.05, 0.1) is 22.7 Å². The second-order valence-corrected chi connectivity index (χ2v) is 24.3. The molecule has 4 nitrogen and oxygen atoms in total. The minimum Gasteiger partial charge on any atom is -0.291 e. The zero-order valence-electron chi connectivity index (χ0n) is 40.9. The first kappa shape index (κ1) is 42.5. The van der Waals surface area contributed by atoms with Gasteiger partial charge in [0.15, 0.2) is 11.6 Å². The molecule has 0 aliphatic carbocycles. The molecule has 0 spiro atoms. The van der Waals surface area contributed by atoms with Gasteiger partial charge in [-0.25, -0.2) is 0 Å². The van der Waals surface area contributed by atoms with Gasteiger partial charge >= 0.3 is 0 Å². The van der Waals surface area contributed by atoms with Crippen molar-refractivity contribution in [3.8, 4) is 0 Å². The molecule has 0 radical (unpaired) electrons. The number of hydrogen-bond donors (Lipinski definition) is 0. The topological polar surface area (TPSA) is 13.0 Å². The Balaban J connectivity index is 1.08. The highest BCUT2D eigenvalue weighted by Crippen LogP contribution is 2.59. The van der Waals surface area contributed by atoms with Crippen LogP contribution in [0.25, 0.3) is 80.7 Å². The molecular formula is C66H44N4S4. The highest BCUT2D eigenvalue weighted by atomic mass is 32.1. The summed E-state index contributed by atoms with van der Waals surface area (Å²) in [6.07, 6.45) is 0. The van der Waals surface area contributed by atoms with Crippen LogP contribution in [0.15, 0.2) is 206 Å². The Morgan fingerprint density at radius 1 is 0.230 bits per heavy atom. The first-order valence-electron chi connectivity index (χ1n) is 25.1. The van der Waals surface area contributed by atoms with Gasteiger partial charge in [-0.3, -0.25) is 19.6 Å². The molecule has 2 aliphatic rings. The molecular weight excluding hydrogens is 977 g/mol. The van der Waals surface area contributed by atoms with Gasteiger partial charge in [0, 0.05) is 103 Å². The minimum absolute atomic E-state index is 1.06. The number of anilines is 8. The highest BCUT2D eigenvalue weighted by Gasteiger charge is 2.45. The van der Waals surface area contributed by atoms with Gasteiger partial charge in [-0.1, -0.05) is 72.8 Å². The quantitative estimate of drug-likeness (QED) is 0.174. The fourth-order valence-corrected chi connectivity index (χ4v) is 16.1. The monoisotopic (exact) mass is 1020 g/mol. The molecule has 2 aliphatic heterocycles. The summed E-state index contributed by atoms with van der Waals surface area (Å²) in [5.41, 5.74) is 14.0. The largest absolute Gasteiger partial charge is 0.291 e. The molecule has 16 rings (SSSR count). The van der Waals surface area contributed by atoms with Gasteiger partial charge in [-0.05, 0) is 171 Å². The van der Waals surface area contributed by atoms with Gasteiger partial charge in [0.1, 0.15) is 0 Å². The Labute approximate surface area is 443 Å². The van der Waals surface area contributed by atoms with E-state index in [-0.39, 0.29) is 0 Å². The van der Waals surface area contributed by atoms with Crippen molar-refractivity contribution in [2.24, 2.45) is 0 Å². The van der Waals surface area contributed by atoms with Crippen LogP contribution < -0.4 is 19.6 Å². The normalized spacial score (nSPS) is 13.8. The van der Waals surface area contributed by atoms with Crippen molar-refractivity contribution in [2.75, 3.05) is 19.6 Å². The molecule has 4 aromatic heterocycles. The van der Waals surface area contributed by atoms with Crippen molar-refractivity contribution >= 4 is 172 Å². The number of rotatable bonds is 4. The van der Waals surface area contributed by atoms with E-state index in [0.29, 0.717) is 0 Å². The summed E-state index contributed by atoms with van der Waals surface area (Å²) >= 11 is 7.47. The number of benzene rings is 10. The molecule has 10 aromatic carbocycles. The minimum atomic E-state index is 1.06. The molecule has 0 atom stereocenters. The lowest BCUT2D eigenvalue weighted by Crippen LogP contribution is -2.33. The number of thiophene rings is 4. The summed E-state index contributed by atoms with van der Waals surface area (Å²) in [5, 5.41) is 10.2. The molecule has 352 valence electrons. The Bertz CT molecular complexity index is 4180. The van der Waals surface area contributed by atoms with E-state index in [1.54, 1.807) is 0 Å². The Morgan fingerprint density at radius 3 is 0.689 bits per heavy atom. The van der Waals surface area contributed by atoms with Gasteiger partial charge in [-0.2, -0.15) is 0 Å². The van der Waals surface area contributed by atoms with E-state index in [0.717, 1.165) is 57.1 Å². The Hall–Kier alpha value is -7.98. The average Bonchev–Trinajstić information content (AvgIpc) is 4.35. The maximum atomic E-state index is 2.58. The van der Waals surface area contributed by atoms with Crippen molar-refractivity contribution < 1.29 is 0 Å². The van der Waals surface area contributed by atoms with E-state index in [1.807, 2.05) is 45.3 Å². The Kier molecular flexibility index (Phi) is 9.06. The van der Waals surface area contributed by atoms with Crippen molar-refractivity contribution in [1.82, 2.24) is 0 Å². The van der Waals surface area contributed by atoms with Crippen LogP contribution in [0.1, 0.15) is 22.3 Å². The van der Waals surface area contributed by atoms with Crippen LogP contribution in [0, 0.1) is 27.7 Å². The van der Waals surface area contributed by atoms with E-state index < -0.39 is 0 Å². The van der Waals surface area contributed by atoms with Crippen molar-refractivity contribution in [1.29, 1.82) is 0 Å². The molecule has 14 aromatic rings. The number of aryl methyl sites for hydroxylation is 4. The summed E-state index contributed by atoms with van der Waals surface area (Å²) in [6, 6.07) is 73.8. The second-order valence-electron chi connectivity index (χ2n) is 20.0. The highest BCUT2D eigenvalue weighted by molar-refractivity contribution is 7.27. The zero-order chi connectivity index (χ0) is 49.1. The lowest BCUT2D eigenvalue weighted by Gasteiger charge is -2.34. The smallest absolute Gasteiger partial charge is 0.166 e. The fourth-order valence-electron chi connectivity index (χ4n) is 11.8. The number of nitrogens with zero attached hydrogens (tertiary/aromatic N) is 4. The van der Waals surface area contributed by atoms with Gasteiger partial charge in [-0.15, -0.1) is 45.3 Å². The fraction of sp³-hybridized carbons (Fsp3) is 0.0606. The molecule has 0 fully saturated rings. The third-order valence-electron chi connectivity index (χ3n) is 15.7. The summed E-state index contributed by atoms with van der Waals surface area (Å²) < 4.78 is 10.3. The summed E-state index contributed by atoms with van der Waals surface area (Å²) in [7, 11) is 0. The molecule has 74 heavy (non-hydrogen) atoms. The van der Waals surface area contributed by atoms with Crippen LogP contribution in [0.4, 0.5) is 45.5 Å². The van der Waals surface area contributed by atoms with Crippen LogP contribution in [0.3, 0.4) is 0 Å². The average molecular weight is 1020 g/mol. The lowest BCUT2D eigenvalue weighted by atomic mass is 10.1. The molecule has 0 N–H and O–H groups in total. The lowest BCUT2D eigenvalue weighted by molar-refractivity contribution is 1.01. The maximum absolute atomic E-state index is 2.58.